The minimum Gasteiger partial charge on any atom is -0.486 e. The van der Waals surface area contributed by atoms with Crippen LogP contribution in [0.3, 0.4) is 0 Å². The Morgan fingerprint density at radius 3 is 2.55 bits per heavy atom. The zero-order valence-electron chi connectivity index (χ0n) is 16.6. The number of nitrogens with zero attached hydrogens (tertiary/aromatic N) is 1. The van der Waals surface area contributed by atoms with Crippen LogP contribution in [0.2, 0.25) is 0 Å². The van der Waals surface area contributed by atoms with Gasteiger partial charge in [-0.25, -0.2) is 8.42 Å². The Kier molecular flexibility index (Phi) is 6.64. The number of carbonyl (C=O) groups is 1. The van der Waals surface area contributed by atoms with Crippen molar-refractivity contribution in [3.8, 4) is 11.5 Å². The predicted octanol–water partition coefficient (Wildman–Crippen LogP) is 2.50. The molecule has 7 nitrogen and oxygen atoms in total. The molecule has 1 amide bonds. The van der Waals surface area contributed by atoms with Crippen LogP contribution in [0.15, 0.2) is 48.5 Å². The standard InChI is InChI=1S/C21H26N2O5S/c1-16-8-3-4-9-18(16)23(29(2,25)26)13-7-12-21(24)22-14-17-15-27-19-10-5-6-11-20(19)28-17/h3-6,8-11,17H,7,12-15H2,1-2H3,(H,22,24)/t17-/m0/s1. The van der Waals surface area contributed by atoms with Gasteiger partial charge in [0.2, 0.25) is 15.9 Å². The maximum Gasteiger partial charge on any atom is 0.232 e. The second-order valence-electron chi connectivity index (χ2n) is 7.03. The maximum atomic E-state index is 12.2. The van der Waals surface area contributed by atoms with E-state index in [9.17, 15) is 13.2 Å². The summed E-state index contributed by atoms with van der Waals surface area (Å²) >= 11 is 0. The third-order valence-corrected chi connectivity index (χ3v) is 5.82. The molecule has 156 valence electrons. The number of amides is 1. The van der Waals surface area contributed by atoms with Gasteiger partial charge in [0, 0.05) is 13.0 Å². The van der Waals surface area contributed by atoms with Crippen LogP contribution in [0.1, 0.15) is 18.4 Å². The van der Waals surface area contributed by atoms with Crippen molar-refractivity contribution >= 4 is 21.6 Å². The molecule has 1 aliphatic heterocycles. The normalized spacial score (nSPS) is 15.6. The average Bonchev–Trinajstić information content (AvgIpc) is 2.69. The van der Waals surface area contributed by atoms with E-state index in [1.807, 2.05) is 43.3 Å². The monoisotopic (exact) mass is 418 g/mol. The smallest absolute Gasteiger partial charge is 0.232 e. The molecule has 2 aromatic carbocycles. The fourth-order valence-electron chi connectivity index (χ4n) is 3.17. The summed E-state index contributed by atoms with van der Waals surface area (Å²) in [6.07, 6.45) is 1.56. The van der Waals surface area contributed by atoms with Crippen LogP contribution in [0.5, 0.6) is 11.5 Å². The first kappa shape index (κ1) is 21.0. The fourth-order valence-corrected chi connectivity index (χ4v) is 4.19. The number of nitrogens with one attached hydrogen (secondary N) is 1. The Hall–Kier alpha value is -2.74. The summed E-state index contributed by atoms with van der Waals surface area (Å²) in [7, 11) is -3.43. The Balaban J connectivity index is 1.47. The number of hydrogen-bond acceptors (Lipinski definition) is 5. The van der Waals surface area contributed by atoms with Crippen molar-refractivity contribution in [1.29, 1.82) is 0 Å². The van der Waals surface area contributed by atoms with Crippen molar-refractivity contribution in [1.82, 2.24) is 5.32 Å². The van der Waals surface area contributed by atoms with Gasteiger partial charge >= 0.3 is 0 Å². The lowest BCUT2D eigenvalue weighted by atomic mass is 10.2. The van der Waals surface area contributed by atoms with Crippen molar-refractivity contribution in [2.24, 2.45) is 0 Å². The summed E-state index contributed by atoms with van der Waals surface area (Å²) in [5.41, 5.74) is 1.51. The van der Waals surface area contributed by atoms with Gasteiger partial charge in [-0.15, -0.1) is 0 Å². The molecule has 1 aliphatic rings. The third-order valence-electron chi connectivity index (χ3n) is 4.64. The van der Waals surface area contributed by atoms with Crippen LogP contribution in [-0.4, -0.2) is 46.4 Å². The minimum atomic E-state index is -3.43. The van der Waals surface area contributed by atoms with Gasteiger partial charge in [0.25, 0.3) is 0 Å². The van der Waals surface area contributed by atoms with E-state index in [0.29, 0.717) is 36.8 Å². The van der Waals surface area contributed by atoms with Crippen molar-refractivity contribution in [3.63, 3.8) is 0 Å². The molecule has 0 unspecified atom stereocenters. The quantitative estimate of drug-likeness (QED) is 0.712. The topological polar surface area (TPSA) is 84.9 Å². The summed E-state index contributed by atoms with van der Waals surface area (Å²) < 4.78 is 37.2. The number of sulfonamides is 1. The van der Waals surface area contributed by atoms with E-state index >= 15 is 0 Å². The molecule has 0 saturated carbocycles. The number of hydrogen-bond donors (Lipinski definition) is 1. The van der Waals surface area contributed by atoms with Gasteiger partial charge in [-0.05, 0) is 37.1 Å². The van der Waals surface area contributed by atoms with Crippen molar-refractivity contribution in [2.75, 3.05) is 30.3 Å². The van der Waals surface area contributed by atoms with Crippen LogP contribution in [0.25, 0.3) is 0 Å². The van der Waals surface area contributed by atoms with Gasteiger partial charge in [-0.3, -0.25) is 9.10 Å². The molecule has 1 N–H and O–H groups in total. The van der Waals surface area contributed by atoms with E-state index in [1.54, 1.807) is 12.1 Å². The molecule has 0 bridgehead atoms. The SMILES string of the molecule is Cc1ccccc1N(CCCC(=O)NC[C@H]1COc2ccccc2O1)S(C)(=O)=O. The first-order chi connectivity index (χ1) is 13.8. The number of para-hydroxylation sites is 3. The summed E-state index contributed by atoms with van der Waals surface area (Å²) in [5, 5.41) is 2.83. The van der Waals surface area contributed by atoms with Gasteiger partial charge in [0.05, 0.1) is 18.5 Å². The lowest BCUT2D eigenvalue weighted by Crippen LogP contribution is -2.41. The van der Waals surface area contributed by atoms with Crippen LogP contribution >= 0.6 is 0 Å². The van der Waals surface area contributed by atoms with E-state index in [0.717, 1.165) is 5.56 Å². The Morgan fingerprint density at radius 2 is 1.83 bits per heavy atom. The summed E-state index contributed by atoms with van der Waals surface area (Å²) in [4.78, 5) is 12.2. The predicted molar refractivity (Wildman–Crippen MR) is 112 cm³/mol. The highest BCUT2D eigenvalue weighted by Gasteiger charge is 2.22. The number of fused-ring (bicyclic) bond motifs is 1. The fraction of sp³-hybridized carbons (Fsp3) is 0.381. The van der Waals surface area contributed by atoms with E-state index in [-0.39, 0.29) is 25.0 Å². The molecule has 0 aliphatic carbocycles. The summed E-state index contributed by atoms with van der Waals surface area (Å²) in [6, 6.07) is 14.7. The number of anilines is 1. The van der Waals surface area contributed by atoms with E-state index in [2.05, 4.69) is 5.32 Å². The third kappa shape index (κ3) is 5.63. The summed E-state index contributed by atoms with van der Waals surface area (Å²) in [6.45, 7) is 2.81. The molecular weight excluding hydrogens is 392 g/mol. The van der Waals surface area contributed by atoms with Gasteiger partial charge in [-0.1, -0.05) is 30.3 Å². The largest absolute Gasteiger partial charge is 0.486 e. The van der Waals surface area contributed by atoms with Crippen molar-refractivity contribution in [3.05, 3.63) is 54.1 Å². The minimum absolute atomic E-state index is 0.148. The molecule has 0 aromatic heterocycles. The highest BCUT2D eigenvalue weighted by atomic mass is 32.2. The van der Waals surface area contributed by atoms with Gasteiger partial charge in [-0.2, -0.15) is 0 Å². The molecule has 1 heterocycles. The highest BCUT2D eigenvalue weighted by Crippen LogP contribution is 2.30. The number of ether oxygens (including phenoxy) is 2. The van der Waals surface area contributed by atoms with E-state index in [1.165, 1.54) is 10.6 Å². The number of benzene rings is 2. The van der Waals surface area contributed by atoms with Crippen LogP contribution in [-0.2, 0) is 14.8 Å². The number of aryl methyl sites for hydroxylation is 1. The molecule has 2 aromatic rings. The molecular formula is C21H26N2O5S. The van der Waals surface area contributed by atoms with Crippen molar-refractivity contribution < 1.29 is 22.7 Å². The first-order valence-corrected chi connectivity index (χ1v) is 11.4. The summed E-state index contributed by atoms with van der Waals surface area (Å²) in [5.74, 6) is 1.22. The molecule has 0 radical (unpaired) electrons. The zero-order chi connectivity index (χ0) is 20.9. The Bertz CT molecular complexity index is 961. The zero-order valence-corrected chi connectivity index (χ0v) is 17.4. The lowest BCUT2D eigenvalue weighted by molar-refractivity contribution is -0.121. The van der Waals surface area contributed by atoms with E-state index < -0.39 is 10.0 Å². The highest BCUT2D eigenvalue weighted by molar-refractivity contribution is 7.92. The Labute approximate surface area is 171 Å². The Morgan fingerprint density at radius 1 is 1.14 bits per heavy atom. The van der Waals surface area contributed by atoms with Gasteiger partial charge in [0.15, 0.2) is 11.5 Å². The molecule has 29 heavy (non-hydrogen) atoms. The lowest BCUT2D eigenvalue weighted by Gasteiger charge is -2.26. The first-order valence-electron chi connectivity index (χ1n) is 9.53. The molecule has 1 atom stereocenters. The second kappa shape index (κ2) is 9.17. The van der Waals surface area contributed by atoms with Gasteiger partial charge in [0.1, 0.15) is 12.7 Å². The average molecular weight is 419 g/mol. The van der Waals surface area contributed by atoms with E-state index in [4.69, 9.17) is 9.47 Å². The van der Waals surface area contributed by atoms with Gasteiger partial charge < -0.3 is 14.8 Å². The van der Waals surface area contributed by atoms with Crippen LogP contribution in [0, 0.1) is 6.92 Å². The molecule has 0 spiro atoms. The van der Waals surface area contributed by atoms with Crippen LogP contribution in [0.4, 0.5) is 5.69 Å². The van der Waals surface area contributed by atoms with Crippen LogP contribution < -0.4 is 19.1 Å². The number of carbonyl (C=O) groups excluding carboxylic acids is 1. The molecule has 3 rings (SSSR count). The molecule has 0 fully saturated rings. The van der Waals surface area contributed by atoms with Crippen molar-refractivity contribution in [2.45, 2.75) is 25.9 Å². The number of rotatable bonds is 8. The maximum absolute atomic E-state index is 12.2. The molecule has 8 heteroatoms. The second-order valence-corrected chi connectivity index (χ2v) is 8.93. The molecule has 0 saturated heterocycles.